The van der Waals surface area contributed by atoms with Gasteiger partial charge in [0, 0.05) is 6.42 Å². The molecule has 9 heteroatoms. The van der Waals surface area contributed by atoms with E-state index in [1.165, 1.54) is 0 Å². The van der Waals surface area contributed by atoms with E-state index in [-0.39, 0.29) is 19.6 Å². The second-order valence-corrected chi connectivity index (χ2v) is 4.39. The monoisotopic (exact) mass is 274 g/mol. The van der Waals surface area contributed by atoms with Gasteiger partial charge in [-0.05, 0) is 0 Å². The molecule has 2 amide bonds. The number of cyclic esters (lactones) is 1. The number of alkyl carbamates (subject to hydrolysis) is 1. The molecule has 2 aliphatic heterocycles. The van der Waals surface area contributed by atoms with Crippen molar-refractivity contribution in [2.75, 3.05) is 19.7 Å². The van der Waals surface area contributed by atoms with Crippen molar-refractivity contribution in [2.45, 2.75) is 24.7 Å². The minimum absolute atomic E-state index is 0.000392. The summed E-state index contributed by atoms with van der Waals surface area (Å²) in [5.74, 6) is -1.19. The molecule has 106 valence electrons. The number of aliphatic carboxylic acids is 1. The number of carboxylic acid groups (broad SMARTS) is 2. The molecule has 2 rings (SSSR count). The number of rotatable bonds is 4. The average molecular weight is 274 g/mol. The van der Waals surface area contributed by atoms with E-state index < -0.39 is 36.4 Å². The molecule has 2 fully saturated rings. The van der Waals surface area contributed by atoms with Crippen LogP contribution in [0.1, 0.15) is 6.42 Å². The molecule has 0 radical (unpaired) electrons. The Morgan fingerprint density at radius 3 is 2.68 bits per heavy atom. The molecule has 0 saturated carbocycles. The highest BCUT2D eigenvalue weighted by Gasteiger charge is 2.40. The van der Waals surface area contributed by atoms with Gasteiger partial charge in [0.15, 0.2) is 0 Å². The lowest BCUT2D eigenvalue weighted by Crippen LogP contribution is -2.39. The fourth-order valence-corrected chi connectivity index (χ4v) is 2.13. The van der Waals surface area contributed by atoms with E-state index in [4.69, 9.17) is 19.7 Å². The van der Waals surface area contributed by atoms with Gasteiger partial charge in [-0.15, -0.1) is 0 Å². The lowest BCUT2D eigenvalue weighted by Gasteiger charge is -2.16. The summed E-state index contributed by atoms with van der Waals surface area (Å²) in [6.45, 7) is 0.445. The number of nitrogens with zero attached hydrogens (tertiary/aromatic N) is 1. The number of carboxylic acids is 1. The molecule has 0 aromatic rings. The molecule has 19 heavy (non-hydrogen) atoms. The van der Waals surface area contributed by atoms with E-state index in [9.17, 15) is 14.4 Å². The minimum atomic E-state index is -1.28. The molecule has 9 nitrogen and oxygen atoms in total. The summed E-state index contributed by atoms with van der Waals surface area (Å²) in [6.07, 6.45) is -2.63. The van der Waals surface area contributed by atoms with Gasteiger partial charge in [0.05, 0.1) is 25.8 Å². The summed E-state index contributed by atoms with van der Waals surface area (Å²) < 4.78 is 10.3. The van der Waals surface area contributed by atoms with Gasteiger partial charge in [-0.25, -0.2) is 14.4 Å². The molecule has 3 N–H and O–H groups in total. The second kappa shape index (κ2) is 5.31. The molecular weight excluding hydrogens is 260 g/mol. The van der Waals surface area contributed by atoms with Crippen LogP contribution in [0, 0.1) is 0 Å². The topological polar surface area (TPSA) is 125 Å². The molecule has 0 aromatic carbocycles. The molecule has 0 bridgehead atoms. The van der Waals surface area contributed by atoms with Crippen LogP contribution in [0.2, 0.25) is 0 Å². The molecule has 0 aliphatic carbocycles. The summed E-state index contributed by atoms with van der Waals surface area (Å²) in [5.41, 5.74) is 0. The molecule has 0 aromatic heterocycles. The van der Waals surface area contributed by atoms with E-state index in [1.807, 2.05) is 0 Å². The number of carbonyl (C=O) groups is 3. The van der Waals surface area contributed by atoms with Crippen molar-refractivity contribution in [2.24, 2.45) is 0 Å². The SMILES string of the molecule is O=C1NCC(CO[C@@H]2C[C@H](C(=O)O)N(C(=O)O)C2)O1. The van der Waals surface area contributed by atoms with Crippen LogP contribution in [0.5, 0.6) is 0 Å². The minimum Gasteiger partial charge on any atom is -0.480 e. The number of hydrogen-bond donors (Lipinski definition) is 3. The molecule has 2 saturated heterocycles. The highest BCUT2D eigenvalue weighted by molar-refractivity contribution is 5.80. The van der Waals surface area contributed by atoms with E-state index in [1.54, 1.807) is 0 Å². The molecule has 3 atom stereocenters. The maximum Gasteiger partial charge on any atom is 0.408 e. The van der Waals surface area contributed by atoms with Crippen molar-refractivity contribution >= 4 is 18.2 Å². The standard InChI is InChI=1S/C10H14N2O7/c13-8(14)7-1-5(3-12(7)10(16)17)18-4-6-2-11-9(15)19-6/h5-7H,1-4H2,(H,11,15)(H,13,14)(H,16,17)/t5-,6?,7-/m1/s1. The Balaban J connectivity index is 1.84. The van der Waals surface area contributed by atoms with Crippen molar-refractivity contribution in [1.29, 1.82) is 0 Å². The Morgan fingerprint density at radius 2 is 2.21 bits per heavy atom. The molecule has 0 spiro atoms. The summed E-state index contributed by atoms with van der Waals surface area (Å²) >= 11 is 0. The third kappa shape index (κ3) is 3.05. The zero-order valence-electron chi connectivity index (χ0n) is 9.94. The number of hydrogen-bond acceptors (Lipinski definition) is 5. The highest BCUT2D eigenvalue weighted by Crippen LogP contribution is 2.21. The predicted octanol–water partition coefficient (Wildman–Crippen LogP) is -0.683. The normalized spacial score (nSPS) is 30.0. The van der Waals surface area contributed by atoms with Gasteiger partial charge in [-0.3, -0.25) is 4.90 Å². The zero-order valence-corrected chi connectivity index (χ0v) is 9.94. The number of nitrogens with one attached hydrogen (secondary N) is 1. The molecular formula is C10H14N2O7. The Kier molecular flexibility index (Phi) is 3.74. The summed E-state index contributed by atoms with van der Waals surface area (Å²) in [5, 5.41) is 20.3. The van der Waals surface area contributed by atoms with Crippen molar-refractivity contribution in [3.05, 3.63) is 0 Å². The average Bonchev–Trinajstić information content (AvgIpc) is 2.92. The molecule has 2 aliphatic rings. The number of amides is 2. The van der Waals surface area contributed by atoms with Crippen molar-refractivity contribution < 1.29 is 34.1 Å². The number of ether oxygens (including phenoxy) is 2. The van der Waals surface area contributed by atoms with Crippen LogP contribution >= 0.6 is 0 Å². The third-order valence-electron chi connectivity index (χ3n) is 3.06. The van der Waals surface area contributed by atoms with Crippen LogP contribution in [0.25, 0.3) is 0 Å². The Labute approximate surface area is 108 Å². The Bertz CT molecular complexity index is 377. The lowest BCUT2D eigenvalue weighted by atomic mass is 10.2. The van der Waals surface area contributed by atoms with E-state index in [2.05, 4.69) is 5.32 Å². The van der Waals surface area contributed by atoms with Crippen LogP contribution in [0.4, 0.5) is 9.59 Å². The van der Waals surface area contributed by atoms with E-state index in [0.717, 1.165) is 4.90 Å². The van der Waals surface area contributed by atoms with Crippen LogP contribution in [-0.4, -0.2) is 71.2 Å². The predicted molar refractivity (Wildman–Crippen MR) is 58.8 cm³/mol. The fraction of sp³-hybridized carbons (Fsp3) is 0.700. The van der Waals surface area contributed by atoms with Gasteiger partial charge in [-0.2, -0.15) is 0 Å². The van der Waals surface area contributed by atoms with Crippen LogP contribution < -0.4 is 5.32 Å². The highest BCUT2D eigenvalue weighted by atomic mass is 16.6. The second-order valence-electron chi connectivity index (χ2n) is 4.39. The van der Waals surface area contributed by atoms with Gasteiger partial charge >= 0.3 is 18.2 Å². The maximum atomic E-state index is 10.9. The van der Waals surface area contributed by atoms with E-state index in [0.29, 0.717) is 6.54 Å². The third-order valence-corrected chi connectivity index (χ3v) is 3.06. The van der Waals surface area contributed by atoms with Crippen LogP contribution in [-0.2, 0) is 14.3 Å². The first-order valence-electron chi connectivity index (χ1n) is 5.76. The molecule has 2 heterocycles. The Morgan fingerprint density at radius 1 is 1.47 bits per heavy atom. The van der Waals surface area contributed by atoms with Gasteiger partial charge < -0.3 is 25.0 Å². The maximum absolute atomic E-state index is 10.9. The number of likely N-dealkylation sites (tertiary alicyclic amines) is 1. The first-order valence-corrected chi connectivity index (χ1v) is 5.76. The first kappa shape index (κ1) is 13.4. The first-order chi connectivity index (χ1) is 8.97. The van der Waals surface area contributed by atoms with Crippen LogP contribution in [0.3, 0.4) is 0 Å². The van der Waals surface area contributed by atoms with Gasteiger partial charge in [-0.1, -0.05) is 0 Å². The van der Waals surface area contributed by atoms with Crippen molar-refractivity contribution in [1.82, 2.24) is 10.2 Å². The van der Waals surface area contributed by atoms with Crippen molar-refractivity contribution in [3.63, 3.8) is 0 Å². The van der Waals surface area contributed by atoms with Crippen LogP contribution in [0.15, 0.2) is 0 Å². The van der Waals surface area contributed by atoms with Gasteiger partial charge in [0.2, 0.25) is 0 Å². The largest absolute Gasteiger partial charge is 0.480 e. The van der Waals surface area contributed by atoms with Crippen molar-refractivity contribution in [3.8, 4) is 0 Å². The van der Waals surface area contributed by atoms with E-state index >= 15 is 0 Å². The quantitative estimate of drug-likeness (QED) is 0.619. The smallest absolute Gasteiger partial charge is 0.408 e. The fourth-order valence-electron chi connectivity index (χ4n) is 2.13. The summed E-state index contributed by atoms with van der Waals surface area (Å²) in [7, 11) is 0. The Hall–Kier alpha value is -2.03. The molecule has 1 unspecified atom stereocenters. The lowest BCUT2D eigenvalue weighted by molar-refractivity contribution is -0.141. The van der Waals surface area contributed by atoms with Gasteiger partial charge in [0.25, 0.3) is 0 Å². The summed E-state index contributed by atoms with van der Waals surface area (Å²) in [6, 6.07) is -1.09. The zero-order chi connectivity index (χ0) is 14.0. The number of carbonyl (C=O) groups excluding carboxylic acids is 1. The van der Waals surface area contributed by atoms with Gasteiger partial charge in [0.1, 0.15) is 12.1 Å². The summed E-state index contributed by atoms with van der Waals surface area (Å²) in [4.78, 5) is 33.4.